The Morgan fingerprint density at radius 3 is 1.15 bits per heavy atom. The number of hydrogen-bond donors (Lipinski definition) is 0. The fourth-order valence-electron chi connectivity index (χ4n) is 23.0. The predicted octanol–water partition coefficient (Wildman–Crippen LogP) is 32.5. The number of anilines is 6. The van der Waals surface area contributed by atoms with Gasteiger partial charge >= 0.3 is 0 Å². The fraction of sp³-hybridized carbons (Fsp3) is 0.0410. The van der Waals surface area contributed by atoms with Crippen LogP contribution in [0, 0.1) is 0 Å². The molecule has 4 heterocycles. The number of rotatable bonds is 9. The first kappa shape index (κ1) is 74.2. The van der Waals surface area contributed by atoms with Crippen LogP contribution in [0.4, 0.5) is 34.1 Å². The van der Waals surface area contributed by atoms with Crippen molar-refractivity contribution in [1.82, 2.24) is 9.13 Å². The molecule has 0 aliphatic heterocycles. The van der Waals surface area contributed by atoms with Gasteiger partial charge in [0.05, 0.1) is 38.9 Å². The van der Waals surface area contributed by atoms with Crippen LogP contribution in [0.15, 0.2) is 432 Å². The lowest BCUT2D eigenvalue weighted by Gasteiger charge is -2.40. The Balaban J connectivity index is 0.000000118. The zero-order valence-corrected chi connectivity index (χ0v) is 72.1. The van der Waals surface area contributed by atoms with Crippen LogP contribution in [0.2, 0.25) is 0 Å². The average Bonchev–Trinajstić information content (AvgIpc) is 1.47. The highest BCUT2D eigenvalue weighted by molar-refractivity contribution is 9.10. The Kier molecular flexibility index (Phi) is 16.5. The van der Waals surface area contributed by atoms with Crippen molar-refractivity contribution in [2.75, 3.05) is 9.80 Å². The number of fused-ring (bicyclic) bond motifs is 25. The summed E-state index contributed by atoms with van der Waals surface area (Å²) in [5.74, 6) is 0.149. The minimum Gasteiger partial charge on any atom is -0.453 e. The summed E-state index contributed by atoms with van der Waals surface area (Å²) in [6.07, 6.45) is 4.34. The molecule has 0 amide bonds. The largest absolute Gasteiger partial charge is 0.453 e. The van der Waals surface area contributed by atoms with Crippen molar-refractivity contribution in [2.45, 2.75) is 31.1 Å². The maximum atomic E-state index is 11.9. The van der Waals surface area contributed by atoms with E-state index < -0.39 is 5.41 Å². The van der Waals surface area contributed by atoms with Crippen molar-refractivity contribution in [3.63, 3.8) is 0 Å². The first-order valence-electron chi connectivity index (χ1n) is 44.9. The molecule has 0 unspecified atom stereocenters. The molecule has 0 fully saturated rings. The van der Waals surface area contributed by atoms with Crippen molar-refractivity contribution in [3.05, 3.63) is 479 Å². The van der Waals surface area contributed by atoms with Gasteiger partial charge in [0.2, 0.25) is 0 Å². The lowest BCUT2D eigenvalue weighted by Crippen LogP contribution is -2.32. The Morgan fingerprint density at radius 2 is 0.623 bits per heavy atom. The lowest BCUT2D eigenvalue weighted by atomic mass is 9.61. The molecular weight excluding hydrogens is 1650 g/mol. The van der Waals surface area contributed by atoms with Crippen LogP contribution < -0.4 is 9.80 Å². The summed E-state index contributed by atoms with van der Waals surface area (Å²) < 4.78 is 20.6. The summed E-state index contributed by atoms with van der Waals surface area (Å²) >= 11 is 3.93. The molecule has 610 valence electrons. The van der Waals surface area contributed by atoms with Crippen LogP contribution in [-0.4, -0.2) is 14.9 Å². The van der Waals surface area contributed by atoms with Gasteiger partial charge < -0.3 is 27.8 Å². The second kappa shape index (κ2) is 29.0. The Morgan fingerprint density at radius 1 is 0.246 bits per heavy atom. The number of carbonyl (C=O) groups is 1. The van der Waals surface area contributed by atoms with Crippen molar-refractivity contribution in [3.8, 4) is 55.9 Å². The zero-order valence-electron chi connectivity index (χ0n) is 70.6. The third-order valence-electron chi connectivity index (χ3n) is 28.4. The number of halogens is 1. The molecule has 8 heteroatoms. The van der Waals surface area contributed by atoms with Crippen LogP contribution in [0.25, 0.3) is 165 Å². The minimum atomic E-state index is -0.506. The molecule has 0 saturated carbocycles. The molecule has 20 aromatic carbocycles. The van der Waals surface area contributed by atoms with E-state index in [1.807, 2.05) is 48.5 Å². The van der Waals surface area contributed by atoms with Gasteiger partial charge in [-0.3, -0.25) is 4.79 Å². The third kappa shape index (κ3) is 10.8. The summed E-state index contributed by atoms with van der Waals surface area (Å²) in [4.78, 5) is 16.6. The predicted molar refractivity (Wildman–Crippen MR) is 540 cm³/mol. The van der Waals surface area contributed by atoms with Crippen LogP contribution in [0.3, 0.4) is 0 Å². The third-order valence-corrected chi connectivity index (χ3v) is 29.1. The van der Waals surface area contributed by atoms with Gasteiger partial charge in [0, 0.05) is 109 Å². The van der Waals surface area contributed by atoms with Crippen molar-refractivity contribution in [2.24, 2.45) is 0 Å². The van der Waals surface area contributed by atoms with Gasteiger partial charge in [0.25, 0.3) is 0 Å². The number of carbonyl (C=O) groups excluding carboxylic acids is 1. The lowest BCUT2D eigenvalue weighted by molar-refractivity contribution is 0.104. The smallest absolute Gasteiger partial charge is 0.194 e. The van der Waals surface area contributed by atoms with E-state index in [9.17, 15) is 4.79 Å². The van der Waals surface area contributed by atoms with E-state index in [1.54, 1.807) is 0 Å². The zero-order chi connectivity index (χ0) is 85.6. The number of ketones is 1. The summed E-state index contributed by atoms with van der Waals surface area (Å²) in [6.45, 7) is 0. The van der Waals surface area contributed by atoms with Crippen molar-refractivity contribution < 1.29 is 13.6 Å². The molecule has 5 aliphatic rings. The van der Waals surface area contributed by atoms with E-state index in [1.165, 1.54) is 126 Å². The van der Waals surface area contributed by atoms with E-state index >= 15 is 0 Å². The number of nitrogens with zero attached hydrogens (tertiary/aromatic N) is 4. The first-order chi connectivity index (χ1) is 64.4. The molecule has 0 atom stereocenters. The molecule has 0 saturated heterocycles. The van der Waals surface area contributed by atoms with Gasteiger partial charge in [0.15, 0.2) is 16.9 Å². The molecule has 7 nitrogen and oxygen atoms in total. The molecule has 4 aromatic heterocycles. The van der Waals surface area contributed by atoms with Gasteiger partial charge in [-0.05, 0) is 223 Å². The molecule has 0 N–H and O–H groups in total. The number of benzene rings is 20. The highest BCUT2D eigenvalue weighted by Gasteiger charge is 2.51. The summed E-state index contributed by atoms with van der Waals surface area (Å²) in [6, 6.07) is 151. The van der Waals surface area contributed by atoms with Gasteiger partial charge in [-0.15, -0.1) is 0 Å². The number of furan rings is 2. The van der Waals surface area contributed by atoms with Gasteiger partial charge in [-0.25, -0.2) is 0 Å². The molecule has 24 aromatic rings. The molecule has 130 heavy (non-hydrogen) atoms. The highest BCUT2D eigenvalue weighted by atomic mass is 79.9. The molecular formula is C122H77BrN4O3. The molecule has 0 radical (unpaired) electrons. The van der Waals surface area contributed by atoms with Crippen LogP contribution in [0.1, 0.15) is 60.4 Å². The number of aromatic nitrogens is 2. The molecule has 5 aliphatic carbocycles. The normalized spacial score (nSPS) is 13.2. The minimum absolute atomic E-state index is 0.149. The maximum absolute atomic E-state index is 11.9. The SMILES string of the molecule is Brc1ccc2c3c(ccc(-c4cccc5c4oc4c(N(c6ccccc6)c6ccc7c8ccccc8n(-c8ccccc8)c7c6)cccc45)c13)CC2.O=C1c2ccccc2-c2ccccc21.c1ccc(N(c2ccc3c4ccccc4n(-c4ccccc4)c3c2)c2cccc3c2oc2c4c(ccc23)C2(c3ccccc3-c3ccccc32)c2ccc3c5c(ccc-4c25)CC3)cc1. The summed E-state index contributed by atoms with van der Waals surface area (Å²) in [7, 11) is 0. The van der Waals surface area contributed by atoms with E-state index in [0.29, 0.717) is 0 Å². The molecule has 0 bridgehead atoms. The van der Waals surface area contributed by atoms with Crippen molar-refractivity contribution in [1.29, 1.82) is 0 Å². The molecule has 29 rings (SSSR count). The maximum Gasteiger partial charge on any atom is 0.194 e. The second-order valence-corrected chi connectivity index (χ2v) is 35.8. The number of para-hydroxylation sites is 9. The van der Waals surface area contributed by atoms with Gasteiger partial charge in [-0.1, -0.05) is 331 Å². The Hall–Kier alpha value is -16.1. The first-order valence-corrected chi connectivity index (χ1v) is 45.7. The Bertz CT molecular complexity index is 8810. The Labute approximate surface area is 757 Å². The topological polar surface area (TPSA) is 59.7 Å². The fourth-order valence-corrected chi connectivity index (χ4v) is 23.6. The quantitative estimate of drug-likeness (QED) is 0.144. The highest BCUT2D eigenvalue weighted by Crippen LogP contribution is 2.65. The average molecular weight is 1730 g/mol. The number of hydrogen-bond acceptors (Lipinski definition) is 5. The summed E-state index contributed by atoms with van der Waals surface area (Å²) in [5.41, 5.74) is 38.6. The van der Waals surface area contributed by atoms with E-state index in [0.717, 1.165) is 158 Å². The second-order valence-electron chi connectivity index (χ2n) is 35.0. The van der Waals surface area contributed by atoms with Gasteiger partial charge in [0.1, 0.15) is 11.2 Å². The molecule has 1 spiro atoms. The van der Waals surface area contributed by atoms with Crippen LogP contribution >= 0.6 is 15.9 Å². The van der Waals surface area contributed by atoms with E-state index in [4.69, 9.17) is 8.83 Å². The van der Waals surface area contributed by atoms with Crippen molar-refractivity contribution >= 4 is 165 Å². The van der Waals surface area contributed by atoms with E-state index in [-0.39, 0.29) is 5.78 Å². The van der Waals surface area contributed by atoms with Crippen LogP contribution in [0.5, 0.6) is 0 Å². The van der Waals surface area contributed by atoms with Gasteiger partial charge in [-0.2, -0.15) is 0 Å². The number of aryl methyl sites for hydroxylation is 4. The standard InChI is InChI=1S/C61H38N2O.C48H31BrN2O.C13H8O/c1-3-14-39(15-4-1)62(41-30-32-45-44-20-9-12-24-53(44)63(55(45)36-41)40-16-5-2-6-17-40)54-25-13-21-46-47-33-35-52-58(60(47)64-59(46)54)48-31-28-37-26-27-38-29-34-51(57(48)56(37)38)61(52)49-22-10-7-18-42(49)43-19-8-11-23-50(43)61;49-41-28-24-31-22-21-30-23-26-37(46(41)45(30)31)38-16-9-17-39-40-18-10-20-43(48(40)52-47(38)39)50(32-11-3-1-4-12-32)34-25-27-36-35-15-7-8-19-42(35)51(44(36)29-34)33-13-5-2-6-14-33;14-13-11-7-3-1-5-9(11)10-6-2-4-8-12(10)13/h1-25,28-36H,26-27H2;1-20,23-29H,21-22H2;1-8H. The van der Waals surface area contributed by atoms with Crippen LogP contribution in [-0.2, 0) is 31.1 Å². The van der Waals surface area contributed by atoms with E-state index in [2.05, 4.69) is 405 Å². The summed E-state index contributed by atoms with van der Waals surface area (Å²) in [5, 5.41) is 14.8. The monoisotopic (exact) mass is 1720 g/mol.